The highest BCUT2D eigenvalue weighted by Crippen LogP contribution is 2.17. The topological polar surface area (TPSA) is 105 Å². The maximum absolute atomic E-state index is 12.3. The summed E-state index contributed by atoms with van der Waals surface area (Å²) in [7, 11) is -6.33. The minimum Gasteiger partial charge on any atom is -0.359 e. The summed E-state index contributed by atoms with van der Waals surface area (Å²) in [4.78, 5) is 0.139. The summed E-state index contributed by atoms with van der Waals surface area (Å²) in [6, 6.07) is 12.7. The van der Waals surface area contributed by atoms with Crippen LogP contribution in [0.25, 0.3) is 0 Å². The van der Waals surface area contributed by atoms with Crippen molar-refractivity contribution in [1.82, 2.24) is 0 Å². The van der Waals surface area contributed by atoms with Crippen LogP contribution in [-0.4, -0.2) is 50.1 Å². The Morgan fingerprint density at radius 1 is 0.710 bits per heavy atom. The van der Waals surface area contributed by atoms with Gasteiger partial charge in [-0.05, 0) is 51.0 Å². The fraction of sp³-hybridized carbons (Fsp3) is 0.429. The van der Waals surface area contributed by atoms with E-state index in [0.29, 0.717) is 0 Å². The van der Waals surface area contributed by atoms with Crippen LogP contribution in [0.15, 0.2) is 58.3 Å². The van der Waals surface area contributed by atoms with Crippen LogP contribution in [0, 0.1) is 13.8 Å². The zero-order valence-corrected chi connectivity index (χ0v) is 19.4. The molecule has 0 saturated heterocycles. The Morgan fingerprint density at radius 3 is 1.45 bits per heavy atom. The molecule has 8 nitrogen and oxygen atoms in total. The first-order valence-electron chi connectivity index (χ1n) is 9.67. The van der Waals surface area contributed by atoms with E-state index in [1.807, 2.05) is 13.8 Å². The lowest BCUT2D eigenvalue weighted by Gasteiger charge is -2.17. The van der Waals surface area contributed by atoms with Gasteiger partial charge in [0.05, 0.1) is 29.1 Å². The maximum atomic E-state index is 12.3. The number of ether oxygens (including phenoxy) is 2. The molecule has 0 N–H and O–H groups in total. The van der Waals surface area contributed by atoms with Crippen molar-refractivity contribution in [3.05, 3.63) is 59.7 Å². The molecule has 10 heteroatoms. The van der Waals surface area contributed by atoms with Gasteiger partial charge in [0.15, 0.2) is 0 Å². The normalized spacial score (nSPS) is 12.4. The molecule has 0 aromatic heterocycles. The lowest BCUT2D eigenvalue weighted by molar-refractivity contribution is -0.0814. The van der Waals surface area contributed by atoms with Gasteiger partial charge in [-0.1, -0.05) is 35.4 Å². The second kappa shape index (κ2) is 11.7. The van der Waals surface area contributed by atoms with E-state index >= 15 is 0 Å². The second-order valence-corrected chi connectivity index (χ2v) is 10.2. The van der Waals surface area contributed by atoms with E-state index in [9.17, 15) is 16.8 Å². The highest BCUT2D eigenvalue weighted by molar-refractivity contribution is 7.87. The molecule has 0 atom stereocenters. The van der Waals surface area contributed by atoms with Gasteiger partial charge in [-0.25, -0.2) is 0 Å². The summed E-state index contributed by atoms with van der Waals surface area (Å²) < 4.78 is 69.6. The van der Waals surface area contributed by atoms with E-state index in [1.165, 1.54) is 31.4 Å². The molecule has 0 spiro atoms. The van der Waals surface area contributed by atoms with Crippen LogP contribution in [0.1, 0.15) is 24.0 Å². The molecule has 31 heavy (non-hydrogen) atoms. The molecule has 0 aliphatic rings. The van der Waals surface area contributed by atoms with Crippen molar-refractivity contribution in [1.29, 1.82) is 0 Å². The van der Waals surface area contributed by atoms with Crippen LogP contribution in [0.3, 0.4) is 0 Å². The second-order valence-electron chi connectivity index (χ2n) is 6.95. The highest BCUT2D eigenvalue weighted by Gasteiger charge is 2.19. The van der Waals surface area contributed by atoms with Gasteiger partial charge in [0.2, 0.25) is 0 Å². The van der Waals surface area contributed by atoms with Gasteiger partial charge in [0.25, 0.3) is 20.2 Å². The molecule has 0 aliphatic heterocycles. The molecule has 0 radical (unpaired) electrons. The van der Waals surface area contributed by atoms with Gasteiger partial charge < -0.3 is 9.47 Å². The third-order valence-electron chi connectivity index (χ3n) is 4.40. The number of benzene rings is 2. The maximum Gasteiger partial charge on any atom is 0.296 e. The third-order valence-corrected chi connectivity index (χ3v) is 7.05. The van der Waals surface area contributed by atoms with E-state index in [2.05, 4.69) is 0 Å². The van der Waals surface area contributed by atoms with Crippen molar-refractivity contribution in [3.63, 3.8) is 0 Å². The number of hydrogen-bond donors (Lipinski definition) is 0. The average Bonchev–Trinajstić information content (AvgIpc) is 2.72. The quantitative estimate of drug-likeness (QED) is 0.323. The van der Waals surface area contributed by atoms with Crippen molar-refractivity contribution >= 4 is 20.2 Å². The van der Waals surface area contributed by atoms with Gasteiger partial charge in [-0.2, -0.15) is 16.8 Å². The SMILES string of the molecule is COCOC(CCOS(=O)(=O)c1ccc(C)cc1)CCOS(=O)(=O)c1ccc(C)cc1. The molecule has 0 fully saturated rings. The Balaban J connectivity index is 1.88. The predicted molar refractivity (Wildman–Crippen MR) is 115 cm³/mol. The molecule has 0 unspecified atom stereocenters. The molecule has 2 aromatic rings. The lowest BCUT2D eigenvalue weighted by atomic mass is 10.2. The van der Waals surface area contributed by atoms with Crippen LogP contribution in [0.2, 0.25) is 0 Å². The molecule has 0 aliphatic carbocycles. The van der Waals surface area contributed by atoms with Crippen LogP contribution in [0.4, 0.5) is 0 Å². The Morgan fingerprint density at radius 2 is 1.10 bits per heavy atom. The van der Waals surface area contributed by atoms with Gasteiger partial charge in [0, 0.05) is 7.11 Å². The molecule has 0 heterocycles. The van der Waals surface area contributed by atoms with E-state index in [4.69, 9.17) is 17.8 Å². The summed E-state index contributed by atoms with van der Waals surface area (Å²) in [5.41, 5.74) is 1.88. The van der Waals surface area contributed by atoms with Crippen LogP contribution < -0.4 is 0 Å². The molecular weight excluding hydrogens is 444 g/mol. The minimum absolute atomic E-state index is 0.0277. The minimum atomic E-state index is -3.89. The summed E-state index contributed by atoms with van der Waals surface area (Å²) >= 11 is 0. The Labute approximate surface area is 184 Å². The van der Waals surface area contributed by atoms with Crippen molar-refractivity contribution in [3.8, 4) is 0 Å². The first-order chi connectivity index (χ1) is 14.6. The van der Waals surface area contributed by atoms with E-state index in [-0.39, 0.29) is 42.6 Å². The smallest absolute Gasteiger partial charge is 0.296 e. The van der Waals surface area contributed by atoms with Crippen molar-refractivity contribution in [2.45, 2.75) is 42.6 Å². The zero-order valence-electron chi connectivity index (χ0n) is 17.8. The number of methoxy groups -OCH3 is 1. The first-order valence-corrected chi connectivity index (χ1v) is 12.5. The third kappa shape index (κ3) is 8.32. The molecule has 0 amide bonds. The molecule has 0 bridgehead atoms. The molecular formula is C21H28O8S2. The predicted octanol–water partition coefficient (Wildman–Crippen LogP) is 3.18. The van der Waals surface area contributed by atoms with E-state index in [0.717, 1.165) is 11.1 Å². The Bertz CT molecular complexity index is 933. The fourth-order valence-corrected chi connectivity index (χ4v) is 4.44. The van der Waals surface area contributed by atoms with Crippen LogP contribution >= 0.6 is 0 Å². The van der Waals surface area contributed by atoms with Crippen LogP contribution in [0.5, 0.6) is 0 Å². The largest absolute Gasteiger partial charge is 0.359 e. The van der Waals surface area contributed by atoms with Crippen molar-refractivity contribution in [2.75, 3.05) is 27.1 Å². The molecule has 2 rings (SSSR count). The summed E-state index contributed by atoms with van der Waals surface area (Å²) in [5.74, 6) is 0. The van der Waals surface area contributed by atoms with Gasteiger partial charge in [0.1, 0.15) is 6.79 Å². The number of aryl methyl sites for hydroxylation is 2. The Hall–Kier alpha value is -1.82. The number of hydrogen-bond acceptors (Lipinski definition) is 8. The van der Waals surface area contributed by atoms with Gasteiger partial charge in [-0.3, -0.25) is 8.37 Å². The van der Waals surface area contributed by atoms with Gasteiger partial charge in [-0.15, -0.1) is 0 Å². The number of rotatable bonds is 13. The van der Waals surface area contributed by atoms with Crippen molar-refractivity contribution in [2.24, 2.45) is 0 Å². The average molecular weight is 473 g/mol. The molecule has 0 saturated carbocycles. The van der Waals surface area contributed by atoms with Crippen LogP contribution in [-0.2, 0) is 38.1 Å². The zero-order chi connectivity index (χ0) is 22.9. The van der Waals surface area contributed by atoms with E-state index in [1.54, 1.807) is 24.3 Å². The van der Waals surface area contributed by atoms with Gasteiger partial charge >= 0.3 is 0 Å². The molecule has 172 valence electrons. The fourth-order valence-electron chi connectivity index (χ4n) is 2.60. The lowest BCUT2D eigenvalue weighted by Crippen LogP contribution is -2.21. The monoisotopic (exact) mass is 472 g/mol. The summed E-state index contributed by atoms with van der Waals surface area (Å²) in [6.07, 6.45) is -0.0912. The van der Waals surface area contributed by atoms with E-state index < -0.39 is 26.3 Å². The standard InChI is InChI=1S/C21H28O8S2/c1-17-4-8-20(9-5-17)30(22,23)28-14-12-19(27-16-26-3)13-15-29-31(24,25)21-10-6-18(2)7-11-21/h4-11,19H,12-16H2,1-3H3. The molecule has 2 aromatic carbocycles. The van der Waals surface area contributed by atoms with Crippen molar-refractivity contribution < 1.29 is 34.7 Å². The summed E-state index contributed by atoms with van der Waals surface area (Å²) in [6.45, 7) is 3.43. The highest BCUT2D eigenvalue weighted by atomic mass is 32.2. The Kier molecular flexibility index (Phi) is 9.60. The summed E-state index contributed by atoms with van der Waals surface area (Å²) in [5, 5.41) is 0. The first kappa shape index (κ1) is 25.4.